The lowest BCUT2D eigenvalue weighted by Gasteiger charge is -2.15. The van der Waals surface area contributed by atoms with Crippen LogP contribution in [0.5, 0.6) is 0 Å². The van der Waals surface area contributed by atoms with Crippen LogP contribution in [-0.2, 0) is 4.79 Å². The summed E-state index contributed by atoms with van der Waals surface area (Å²) < 4.78 is 8.27. The minimum Gasteiger partial charge on any atom is -0.371 e. The van der Waals surface area contributed by atoms with E-state index in [1.807, 2.05) is 6.92 Å². The van der Waals surface area contributed by atoms with Crippen LogP contribution in [0.3, 0.4) is 0 Å². The van der Waals surface area contributed by atoms with E-state index in [0.717, 1.165) is 17.2 Å². The number of anilines is 1. The molecule has 90 valence electrons. The Balaban J connectivity index is 2.43. The number of rotatable bonds is 4. The molecule has 1 heterocycles. The summed E-state index contributed by atoms with van der Waals surface area (Å²) in [5, 5.41) is 3.53. The number of amides is 1. The summed E-state index contributed by atoms with van der Waals surface area (Å²) in [6.45, 7) is 1.87. The summed E-state index contributed by atoms with van der Waals surface area (Å²) in [6, 6.07) is 3.05. The standard InChI is InChI=1S/C10H11ClN4OS/c1-2-6(10(12)16)13-8-5(11)3-4-7-9(8)15-17-14-7/h3-4,6,13H,2H2,1H3,(H2,12,16). The highest BCUT2D eigenvalue weighted by atomic mass is 35.5. The van der Waals surface area contributed by atoms with Crippen LogP contribution < -0.4 is 11.1 Å². The summed E-state index contributed by atoms with van der Waals surface area (Å²) in [4.78, 5) is 11.2. The van der Waals surface area contributed by atoms with Crippen LogP contribution in [-0.4, -0.2) is 20.7 Å². The van der Waals surface area contributed by atoms with Crippen LogP contribution in [0.1, 0.15) is 13.3 Å². The van der Waals surface area contributed by atoms with Crippen LogP contribution in [0.15, 0.2) is 12.1 Å². The van der Waals surface area contributed by atoms with Gasteiger partial charge in [0.25, 0.3) is 0 Å². The lowest BCUT2D eigenvalue weighted by molar-refractivity contribution is -0.118. The number of aromatic nitrogens is 2. The molecule has 1 aromatic heterocycles. The molecule has 0 aliphatic rings. The third kappa shape index (κ3) is 2.32. The van der Waals surface area contributed by atoms with Gasteiger partial charge in [-0.25, -0.2) is 0 Å². The van der Waals surface area contributed by atoms with Crippen molar-refractivity contribution in [2.45, 2.75) is 19.4 Å². The Morgan fingerprint density at radius 1 is 1.59 bits per heavy atom. The predicted octanol–water partition coefficient (Wildman–Crippen LogP) is 2.02. The third-order valence-corrected chi connectivity index (χ3v) is 3.30. The number of nitrogens with zero attached hydrogens (tertiary/aromatic N) is 2. The summed E-state index contributed by atoms with van der Waals surface area (Å²) in [6.07, 6.45) is 0.583. The molecule has 1 unspecified atom stereocenters. The van der Waals surface area contributed by atoms with Gasteiger partial charge in [-0.1, -0.05) is 18.5 Å². The highest BCUT2D eigenvalue weighted by Gasteiger charge is 2.17. The molecule has 0 saturated heterocycles. The summed E-state index contributed by atoms with van der Waals surface area (Å²) in [7, 11) is 0. The molecule has 0 fully saturated rings. The second-order valence-electron chi connectivity index (χ2n) is 3.56. The Bertz CT molecular complexity index is 556. The number of hydrogen-bond acceptors (Lipinski definition) is 5. The molecule has 0 bridgehead atoms. The Morgan fingerprint density at radius 2 is 2.35 bits per heavy atom. The van der Waals surface area contributed by atoms with E-state index < -0.39 is 11.9 Å². The highest BCUT2D eigenvalue weighted by molar-refractivity contribution is 7.00. The number of primary amides is 1. The van der Waals surface area contributed by atoms with Crippen molar-refractivity contribution in [2.75, 3.05) is 5.32 Å². The zero-order chi connectivity index (χ0) is 12.4. The first-order valence-electron chi connectivity index (χ1n) is 5.10. The van der Waals surface area contributed by atoms with Gasteiger partial charge in [-0.2, -0.15) is 8.75 Å². The van der Waals surface area contributed by atoms with Crippen LogP contribution in [0.4, 0.5) is 5.69 Å². The first-order chi connectivity index (χ1) is 8.13. The van der Waals surface area contributed by atoms with E-state index in [1.165, 1.54) is 0 Å². The van der Waals surface area contributed by atoms with Crippen LogP contribution in [0.25, 0.3) is 11.0 Å². The molecule has 0 radical (unpaired) electrons. The number of nitrogens with one attached hydrogen (secondary N) is 1. The number of nitrogens with two attached hydrogens (primary N) is 1. The Labute approximate surface area is 107 Å². The van der Waals surface area contributed by atoms with Crippen molar-refractivity contribution in [3.63, 3.8) is 0 Å². The number of carbonyl (C=O) groups excluding carboxylic acids is 1. The Hall–Kier alpha value is -1.40. The topological polar surface area (TPSA) is 80.9 Å². The van der Waals surface area contributed by atoms with Gasteiger partial charge in [-0.05, 0) is 18.6 Å². The molecule has 0 aliphatic heterocycles. The van der Waals surface area contributed by atoms with Crippen LogP contribution in [0.2, 0.25) is 5.02 Å². The molecular weight excluding hydrogens is 260 g/mol. The lowest BCUT2D eigenvalue weighted by atomic mass is 10.2. The van der Waals surface area contributed by atoms with Gasteiger partial charge in [0.05, 0.1) is 22.4 Å². The molecule has 1 aromatic carbocycles. The van der Waals surface area contributed by atoms with Gasteiger partial charge >= 0.3 is 0 Å². The lowest BCUT2D eigenvalue weighted by Crippen LogP contribution is -2.34. The fraction of sp³-hybridized carbons (Fsp3) is 0.300. The minimum atomic E-state index is -0.459. The molecule has 0 aliphatic carbocycles. The van der Waals surface area contributed by atoms with Gasteiger partial charge in [-0.15, -0.1) is 0 Å². The molecule has 5 nitrogen and oxygen atoms in total. The molecule has 3 N–H and O–H groups in total. The highest BCUT2D eigenvalue weighted by Crippen LogP contribution is 2.30. The Morgan fingerprint density at radius 3 is 3.00 bits per heavy atom. The summed E-state index contributed by atoms with van der Waals surface area (Å²) in [5.74, 6) is -0.413. The number of benzene rings is 1. The fourth-order valence-electron chi connectivity index (χ4n) is 1.51. The van der Waals surface area contributed by atoms with Crippen molar-refractivity contribution in [3.05, 3.63) is 17.2 Å². The predicted molar refractivity (Wildman–Crippen MR) is 69.3 cm³/mol. The maximum absolute atomic E-state index is 11.2. The zero-order valence-electron chi connectivity index (χ0n) is 9.11. The van der Waals surface area contributed by atoms with E-state index in [-0.39, 0.29) is 0 Å². The second kappa shape index (κ2) is 4.85. The zero-order valence-corrected chi connectivity index (χ0v) is 10.7. The third-order valence-electron chi connectivity index (χ3n) is 2.45. The molecule has 17 heavy (non-hydrogen) atoms. The molecule has 0 saturated carbocycles. The van der Waals surface area contributed by atoms with E-state index >= 15 is 0 Å². The van der Waals surface area contributed by atoms with Crippen molar-refractivity contribution in [2.24, 2.45) is 5.73 Å². The van der Waals surface area contributed by atoms with Crippen molar-refractivity contribution < 1.29 is 4.79 Å². The molecule has 7 heteroatoms. The molecule has 0 spiro atoms. The average molecular weight is 271 g/mol. The molecule has 2 aromatic rings. The smallest absolute Gasteiger partial charge is 0.239 e. The SMILES string of the molecule is CCC(Nc1c(Cl)ccc2nsnc12)C(N)=O. The molecule has 2 rings (SSSR count). The monoisotopic (exact) mass is 270 g/mol. The van der Waals surface area contributed by atoms with Gasteiger partial charge in [0, 0.05) is 0 Å². The van der Waals surface area contributed by atoms with Crippen molar-refractivity contribution >= 4 is 46.0 Å². The van der Waals surface area contributed by atoms with Crippen molar-refractivity contribution in [3.8, 4) is 0 Å². The van der Waals surface area contributed by atoms with Gasteiger partial charge in [0.2, 0.25) is 5.91 Å². The van der Waals surface area contributed by atoms with Crippen LogP contribution >= 0.6 is 23.3 Å². The van der Waals surface area contributed by atoms with Gasteiger partial charge in [-0.3, -0.25) is 4.79 Å². The maximum atomic E-state index is 11.2. The van der Waals surface area contributed by atoms with Gasteiger partial charge in [0.15, 0.2) is 0 Å². The van der Waals surface area contributed by atoms with Crippen molar-refractivity contribution in [1.29, 1.82) is 0 Å². The van der Waals surface area contributed by atoms with E-state index in [4.69, 9.17) is 17.3 Å². The summed E-state index contributed by atoms with van der Waals surface area (Å²) >= 11 is 7.19. The van der Waals surface area contributed by atoms with E-state index in [2.05, 4.69) is 14.1 Å². The van der Waals surface area contributed by atoms with Gasteiger partial charge < -0.3 is 11.1 Å². The number of carbonyl (C=O) groups is 1. The van der Waals surface area contributed by atoms with E-state index in [0.29, 0.717) is 22.6 Å². The second-order valence-corrected chi connectivity index (χ2v) is 4.50. The summed E-state index contributed by atoms with van der Waals surface area (Å²) in [5.41, 5.74) is 7.32. The largest absolute Gasteiger partial charge is 0.371 e. The average Bonchev–Trinajstić information content (AvgIpc) is 2.75. The van der Waals surface area contributed by atoms with Crippen LogP contribution in [0, 0.1) is 0 Å². The van der Waals surface area contributed by atoms with Gasteiger partial charge in [0.1, 0.15) is 17.1 Å². The first kappa shape index (κ1) is 12.1. The van der Waals surface area contributed by atoms with Crippen molar-refractivity contribution in [1.82, 2.24) is 8.75 Å². The van der Waals surface area contributed by atoms with E-state index in [1.54, 1.807) is 12.1 Å². The molecular formula is C10H11ClN4OS. The first-order valence-corrected chi connectivity index (χ1v) is 6.21. The number of halogens is 1. The Kier molecular flexibility index (Phi) is 3.44. The number of hydrogen-bond donors (Lipinski definition) is 2. The minimum absolute atomic E-state index is 0.413. The fourth-order valence-corrected chi connectivity index (χ4v) is 2.26. The molecule has 1 amide bonds. The molecule has 1 atom stereocenters. The number of fused-ring (bicyclic) bond motifs is 1. The normalized spacial score (nSPS) is 12.6. The van der Waals surface area contributed by atoms with E-state index in [9.17, 15) is 4.79 Å². The maximum Gasteiger partial charge on any atom is 0.239 e. The quantitative estimate of drug-likeness (QED) is 0.891.